The molecule has 1 amide bonds. The third-order valence-electron chi connectivity index (χ3n) is 4.68. The average molecular weight is 463 g/mol. The van der Waals surface area contributed by atoms with Crippen LogP contribution in [0.3, 0.4) is 0 Å². The standard InChI is InChI=1S/C19H18ClF3N2O4S/c20-14-2-4-15(5-3-14)30(27,28)16-7-9-25(10-8-16)18(26)13-1-6-17(24-11-13)29-12-19(21,22)23/h1-6,11,16H,7-10,12H2. The van der Waals surface area contributed by atoms with Crippen LogP contribution in [0.4, 0.5) is 13.2 Å². The monoisotopic (exact) mass is 462 g/mol. The number of likely N-dealkylation sites (tertiary alicyclic amines) is 1. The van der Waals surface area contributed by atoms with Gasteiger partial charge < -0.3 is 9.64 Å². The molecule has 162 valence electrons. The summed E-state index contributed by atoms with van der Waals surface area (Å²) in [4.78, 5) is 18.0. The molecule has 0 N–H and O–H groups in total. The fraction of sp³-hybridized carbons (Fsp3) is 0.368. The van der Waals surface area contributed by atoms with E-state index >= 15 is 0 Å². The number of carbonyl (C=O) groups is 1. The Hall–Kier alpha value is -2.33. The van der Waals surface area contributed by atoms with Crippen molar-refractivity contribution in [3.8, 4) is 5.88 Å². The Balaban J connectivity index is 1.59. The number of hydrogen-bond donors (Lipinski definition) is 0. The fourth-order valence-corrected chi connectivity index (χ4v) is 4.97. The highest BCUT2D eigenvalue weighted by atomic mass is 35.5. The lowest BCUT2D eigenvalue weighted by Gasteiger charge is -2.31. The Labute approximate surface area is 176 Å². The molecular formula is C19H18ClF3N2O4S. The zero-order valence-electron chi connectivity index (χ0n) is 15.6. The van der Waals surface area contributed by atoms with E-state index in [4.69, 9.17) is 11.6 Å². The fourth-order valence-electron chi connectivity index (χ4n) is 3.12. The lowest BCUT2D eigenvalue weighted by atomic mass is 10.1. The average Bonchev–Trinajstić information content (AvgIpc) is 2.72. The van der Waals surface area contributed by atoms with Crippen LogP contribution in [-0.2, 0) is 9.84 Å². The number of ether oxygens (including phenoxy) is 1. The number of carbonyl (C=O) groups excluding carboxylic acids is 1. The molecule has 1 aromatic carbocycles. The largest absolute Gasteiger partial charge is 0.468 e. The quantitative estimate of drug-likeness (QED) is 0.676. The zero-order valence-corrected chi connectivity index (χ0v) is 17.2. The second-order valence-corrected chi connectivity index (χ2v) is 9.44. The highest BCUT2D eigenvalue weighted by Crippen LogP contribution is 2.26. The Morgan fingerprint density at radius 1 is 1.13 bits per heavy atom. The second kappa shape index (κ2) is 8.81. The van der Waals surface area contributed by atoms with Gasteiger partial charge in [-0.05, 0) is 43.2 Å². The van der Waals surface area contributed by atoms with Gasteiger partial charge in [-0.25, -0.2) is 13.4 Å². The third kappa shape index (κ3) is 5.42. The van der Waals surface area contributed by atoms with Crippen LogP contribution >= 0.6 is 11.6 Å². The molecule has 2 aromatic rings. The molecule has 0 unspecified atom stereocenters. The summed E-state index contributed by atoms with van der Waals surface area (Å²) in [7, 11) is -3.53. The van der Waals surface area contributed by atoms with E-state index in [1.54, 1.807) is 0 Å². The number of amides is 1. The molecule has 1 fully saturated rings. The van der Waals surface area contributed by atoms with Crippen molar-refractivity contribution in [3.63, 3.8) is 0 Å². The van der Waals surface area contributed by atoms with Crippen LogP contribution in [0, 0.1) is 0 Å². The van der Waals surface area contributed by atoms with E-state index in [2.05, 4.69) is 9.72 Å². The molecule has 0 bridgehead atoms. The molecule has 1 aliphatic heterocycles. The first kappa shape index (κ1) is 22.4. The summed E-state index contributed by atoms with van der Waals surface area (Å²) in [5.41, 5.74) is 0.188. The molecule has 0 aliphatic carbocycles. The van der Waals surface area contributed by atoms with E-state index in [0.29, 0.717) is 5.02 Å². The van der Waals surface area contributed by atoms with Gasteiger partial charge >= 0.3 is 6.18 Å². The van der Waals surface area contributed by atoms with Crippen molar-refractivity contribution in [1.29, 1.82) is 0 Å². The van der Waals surface area contributed by atoms with Crippen LogP contribution in [0.1, 0.15) is 23.2 Å². The number of sulfone groups is 1. The zero-order chi connectivity index (χ0) is 21.9. The van der Waals surface area contributed by atoms with E-state index < -0.39 is 27.9 Å². The van der Waals surface area contributed by atoms with Gasteiger partial charge in [-0.2, -0.15) is 13.2 Å². The third-order valence-corrected chi connectivity index (χ3v) is 7.21. The molecule has 11 heteroatoms. The van der Waals surface area contributed by atoms with Crippen LogP contribution in [0.5, 0.6) is 5.88 Å². The number of halogens is 4. The van der Waals surface area contributed by atoms with Gasteiger partial charge in [-0.15, -0.1) is 0 Å². The Morgan fingerprint density at radius 2 is 1.77 bits per heavy atom. The molecule has 30 heavy (non-hydrogen) atoms. The highest BCUT2D eigenvalue weighted by molar-refractivity contribution is 7.92. The minimum atomic E-state index is -4.48. The van der Waals surface area contributed by atoms with Crippen molar-refractivity contribution in [2.24, 2.45) is 0 Å². The lowest BCUT2D eigenvalue weighted by Crippen LogP contribution is -2.42. The highest BCUT2D eigenvalue weighted by Gasteiger charge is 2.33. The number of piperidine rings is 1. The predicted octanol–water partition coefficient (Wildman–Crippen LogP) is 3.75. The lowest BCUT2D eigenvalue weighted by molar-refractivity contribution is -0.154. The second-order valence-electron chi connectivity index (χ2n) is 6.78. The van der Waals surface area contributed by atoms with Crippen molar-refractivity contribution < 1.29 is 31.1 Å². The normalized spacial score (nSPS) is 15.8. The summed E-state index contributed by atoms with van der Waals surface area (Å²) in [5.74, 6) is -0.608. The van der Waals surface area contributed by atoms with Gasteiger partial charge in [-0.1, -0.05) is 11.6 Å². The topological polar surface area (TPSA) is 76.6 Å². The van der Waals surface area contributed by atoms with Crippen LogP contribution in [0.2, 0.25) is 5.02 Å². The van der Waals surface area contributed by atoms with Gasteiger partial charge in [0.25, 0.3) is 5.91 Å². The molecule has 3 rings (SSSR count). The summed E-state index contributed by atoms with van der Waals surface area (Å²) >= 11 is 5.81. The van der Waals surface area contributed by atoms with Gasteiger partial charge in [-0.3, -0.25) is 4.79 Å². The molecular weight excluding hydrogens is 445 g/mol. The van der Waals surface area contributed by atoms with Crippen molar-refractivity contribution in [3.05, 3.63) is 53.2 Å². The molecule has 0 radical (unpaired) electrons. The van der Waals surface area contributed by atoms with E-state index in [1.165, 1.54) is 41.3 Å². The smallest absolute Gasteiger partial charge is 0.422 e. The van der Waals surface area contributed by atoms with Gasteiger partial charge in [0.2, 0.25) is 5.88 Å². The van der Waals surface area contributed by atoms with Crippen LogP contribution in [0.15, 0.2) is 47.5 Å². The molecule has 0 saturated carbocycles. The Kier molecular flexibility index (Phi) is 6.56. The maximum absolute atomic E-state index is 12.8. The number of benzene rings is 1. The number of nitrogens with zero attached hydrogens (tertiary/aromatic N) is 2. The van der Waals surface area contributed by atoms with Crippen molar-refractivity contribution in [2.75, 3.05) is 19.7 Å². The molecule has 1 saturated heterocycles. The van der Waals surface area contributed by atoms with Gasteiger partial charge in [0.1, 0.15) is 0 Å². The summed E-state index contributed by atoms with van der Waals surface area (Å²) in [5, 5.41) is -0.170. The van der Waals surface area contributed by atoms with E-state index in [-0.39, 0.29) is 48.2 Å². The number of rotatable bonds is 5. The minimum absolute atomic E-state index is 0.188. The number of hydrogen-bond acceptors (Lipinski definition) is 5. The molecule has 0 spiro atoms. The molecule has 6 nitrogen and oxygen atoms in total. The first-order chi connectivity index (χ1) is 14.1. The van der Waals surface area contributed by atoms with E-state index in [0.717, 1.165) is 6.20 Å². The first-order valence-corrected chi connectivity index (χ1v) is 10.9. The first-order valence-electron chi connectivity index (χ1n) is 9.00. The van der Waals surface area contributed by atoms with E-state index in [1.807, 2.05) is 0 Å². The van der Waals surface area contributed by atoms with Crippen LogP contribution in [0.25, 0.3) is 0 Å². The Bertz CT molecular complexity index is 988. The van der Waals surface area contributed by atoms with Gasteiger partial charge in [0.05, 0.1) is 15.7 Å². The van der Waals surface area contributed by atoms with Crippen molar-refractivity contribution in [2.45, 2.75) is 29.2 Å². The van der Waals surface area contributed by atoms with Gasteiger partial charge in [0.15, 0.2) is 16.4 Å². The summed E-state index contributed by atoms with van der Waals surface area (Å²) in [6.45, 7) is -0.992. The number of aromatic nitrogens is 1. The van der Waals surface area contributed by atoms with Crippen LogP contribution in [-0.4, -0.2) is 55.3 Å². The number of pyridine rings is 1. The summed E-state index contributed by atoms with van der Waals surface area (Å²) < 4.78 is 66.6. The van der Waals surface area contributed by atoms with E-state index in [9.17, 15) is 26.4 Å². The predicted molar refractivity (Wildman–Crippen MR) is 103 cm³/mol. The molecule has 2 heterocycles. The maximum Gasteiger partial charge on any atom is 0.422 e. The summed E-state index contributed by atoms with van der Waals surface area (Å²) in [6.07, 6.45) is -2.79. The summed E-state index contributed by atoms with van der Waals surface area (Å²) in [6, 6.07) is 8.48. The molecule has 1 aliphatic rings. The van der Waals surface area contributed by atoms with Gasteiger partial charge in [0, 0.05) is 30.4 Å². The molecule has 0 atom stereocenters. The molecule has 1 aromatic heterocycles. The van der Waals surface area contributed by atoms with Crippen molar-refractivity contribution >= 4 is 27.3 Å². The Morgan fingerprint density at radius 3 is 2.30 bits per heavy atom. The maximum atomic E-state index is 12.8. The van der Waals surface area contributed by atoms with Crippen LogP contribution < -0.4 is 4.74 Å². The van der Waals surface area contributed by atoms with Crippen molar-refractivity contribution in [1.82, 2.24) is 9.88 Å². The SMILES string of the molecule is O=C(c1ccc(OCC(F)(F)F)nc1)N1CCC(S(=O)(=O)c2ccc(Cl)cc2)CC1. The minimum Gasteiger partial charge on any atom is -0.468 e. The number of alkyl halides is 3.